The number of ether oxygens (including phenoxy) is 1. The van der Waals surface area contributed by atoms with Crippen molar-refractivity contribution >= 4 is 47.3 Å². The molecule has 7 rings (SSSR count). The predicted molar refractivity (Wildman–Crippen MR) is 203 cm³/mol. The molecule has 0 spiro atoms. The smallest absolute Gasteiger partial charge is 0.243 e. The molecule has 1 aliphatic rings. The predicted octanol–water partition coefficient (Wildman–Crippen LogP) is 5.32. The van der Waals surface area contributed by atoms with Crippen LogP contribution in [0.15, 0.2) is 138 Å². The van der Waals surface area contributed by atoms with Crippen LogP contribution in [0.1, 0.15) is 11.6 Å². The molecule has 1 aliphatic heterocycles. The largest absolute Gasteiger partial charge is 0.497 e. The van der Waals surface area contributed by atoms with Gasteiger partial charge in [0.2, 0.25) is 20.0 Å². The van der Waals surface area contributed by atoms with E-state index in [1.165, 1.54) is 4.31 Å². The third kappa shape index (κ3) is 7.23. The zero-order chi connectivity index (χ0) is 36.3. The summed E-state index contributed by atoms with van der Waals surface area (Å²) in [5, 5.41) is 2.43. The van der Waals surface area contributed by atoms with Crippen molar-refractivity contribution in [1.29, 1.82) is 0 Å². The number of nitrogens with zero attached hydrogens (tertiary/aromatic N) is 5. The number of methoxy groups -OCH3 is 1. The second-order valence-corrected chi connectivity index (χ2v) is 16.4. The molecular formula is C39H40N6O5S2. The summed E-state index contributed by atoms with van der Waals surface area (Å²) in [5.41, 5.74) is 1.71. The van der Waals surface area contributed by atoms with Crippen LogP contribution < -0.4 is 14.4 Å². The molecule has 3 heterocycles. The lowest BCUT2D eigenvalue weighted by atomic mass is 9.99. The molecule has 2 unspecified atom stereocenters. The lowest BCUT2D eigenvalue weighted by molar-refractivity contribution is 0.180. The fraction of sp³-hybridized carbons (Fsp3) is 0.231. The van der Waals surface area contributed by atoms with E-state index in [-0.39, 0.29) is 16.3 Å². The number of fused-ring (bicyclic) bond motifs is 2. The zero-order valence-corrected chi connectivity index (χ0v) is 30.5. The van der Waals surface area contributed by atoms with Crippen molar-refractivity contribution in [1.82, 2.24) is 23.9 Å². The number of rotatable bonds is 12. The molecule has 0 bridgehead atoms. The normalized spacial score (nSPS) is 15.6. The highest BCUT2D eigenvalue weighted by atomic mass is 32.2. The van der Waals surface area contributed by atoms with E-state index in [1.807, 2.05) is 66.7 Å². The number of hydrogen-bond donors (Lipinski definition) is 1. The average Bonchev–Trinajstić information content (AvgIpc) is 3.19. The molecule has 1 N–H and O–H groups in total. The van der Waals surface area contributed by atoms with Crippen LogP contribution in [0.2, 0.25) is 0 Å². The Morgan fingerprint density at radius 3 is 1.94 bits per heavy atom. The maximum atomic E-state index is 14.7. The number of anilines is 1. The third-order valence-electron chi connectivity index (χ3n) is 9.78. The Balaban J connectivity index is 1.28. The number of aromatic nitrogens is 2. The maximum absolute atomic E-state index is 14.7. The van der Waals surface area contributed by atoms with E-state index < -0.39 is 32.1 Å². The Morgan fingerprint density at radius 2 is 1.33 bits per heavy atom. The van der Waals surface area contributed by atoms with Crippen LogP contribution in [0, 0.1) is 0 Å². The van der Waals surface area contributed by atoms with Gasteiger partial charge in [-0.3, -0.25) is 14.9 Å². The minimum atomic E-state index is -4.19. The van der Waals surface area contributed by atoms with E-state index in [4.69, 9.17) is 4.74 Å². The first-order valence-electron chi connectivity index (χ1n) is 17.0. The van der Waals surface area contributed by atoms with Crippen LogP contribution in [-0.4, -0.2) is 88.9 Å². The first-order chi connectivity index (χ1) is 25.2. The topological polar surface area (TPSA) is 125 Å². The summed E-state index contributed by atoms with van der Waals surface area (Å²) < 4.78 is 68.1. The van der Waals surface area contributed by atoms with E-state index in [1.54, 1.807) is 75.3 Å². The number of sulfonamides is 2. The monoisotopic (exact) mass is 736 g/mol. The Bertz CT molecular complexity index is 2380. The van der Waals surface area contributed by atoms with Gasteiger partial charge in [-0.2, -0.15) is 4.31 Å². The van der Waals surface area contributed by atoms with Crippen LogP contribution in [0.4, 0.5) is 5.69 Å². The van der Waals surface area contributed by atoms with Gasteiger partial charge in [-0.05, 0) is 54.1 Å². The minimum Gasteiger partial charge on any atom is -0.497 e. The van der Waals surface area contributed by atoms with E-state index in [2.05, 4.69) is 24.5 Å². The SMILES string of the molecule is COc1ccc(N2CCN(CC(C(NS(=O)(=O)c3cccc4cnccc34)c3ccccc3)N(C)S(=O)(=O)c3cccc4cnccc34)CC2)cc1. The number of nitrogens with one attached hydrogen (secondary N) is 1. The quantitative estimate of drug-likeness (QED) is 0.178. The van der Waals surface area contributed by atoms with Crippen molar-refractivity contribution in [2.75, 3.05) is 51.8 Å². The number of piperazine rings is 1. The number of hydrogen-bond acceptors (Lipinski definition) is 9. The molecule has 1 fully saturated rings. The Hall–Kier alpha value is -4.92. The van der Waals surface area contributed by atoms with Crippen molar-refractivity contribution in [3.05, 3.63) is 133 Å². The second-order valence-electron chi connectivity index (χ2n) is 12.8. The van der Waals surface area contributed by atoms with E-state index in [0.717, 1.165) is 11.4 Å². The standard InChI is InChI=1S/C39H40N6O5S2/c1-43(52(48,49)38-13-7-11-31-27-41-21-19-35(31)38)36(28-44-22-24-45(25-23-44)32-14-16-33(50-2)17-15-32)39(29-8-4-3-5-9-29)42-51(46,47)37-12-6-10-30-26-40-20-18-34(30)37/h3-21,26-27,36,39,42H,22-25,28H2,1-2H3. The van der Waals surface area contributed by atoms with E-state index in [9.17, 15) is 16.8 Å². The third-order valence-corrected chi connectivity index (χ3v) is 13.2. The van der Waals surface area contributed by atoms with Gasteiger partial charge in [0.05, 0.1) is 29.0 Å². The van der Waals surface area contributed by atoms with Gasteiger partial charge in [0.15, 0.2) is 0 Å². The summed E-state index contributed by atoms with van der Waals surface area (Å²) in [5.74, 6) is 0.784. The molecule has 52 heavy (non-hydrogen) atoms. The molecule has 0 amide bonds. The summed E-state index contributed by atoms with van der Waals surface area (Å²) in [7, 11) is -5.18. The highest BCUT2D eigenvalue weighted by Gasteiger charge is 2.39. The molecule has 13 heteroatoms. The van der Waals surface area contributed by atoms with Gasteiger partial charge < -0.3 is 9.64 Å². The van der Waals surface area contributed by atoms with Crippen molar-refractivity contribution in [2.24, 2.45) is 0 Å². The summed E-state index contributed by atoms with van der Waals surface area (Å²) in [6.07, 6.45) is 6.39. The first kappa shape index (κ1) is 35.5. The summed E-state index contributed by atoms with van der Waals surface area (Å²) in [6, 6.07) is 28.8. The van der Waals surface area contributed by atoms with Gasteiger partial charge in [-0.15, -0.1) is 0 Å². The van der Waals surface area contributed by atoms with E-state index in [0.29, 0.717) is 53.3 Å². The van der Waals surface area contributed by atoms with Crippen molar-refractivity contribution in [3.8, 4) is 5.75 Å². The van der Waals surface area contributed by atoms with Gasteiger partial charge in [0.25, 0.3) is 0 Å². The molecule has 1 saturated heterocycles. The van der Waals surface area contributed by atoms with Crippen LogP contribution in [0.3, 0.4) is 0 Å². The lowest BCUT2D eigenvalue weighted by Crippen LogP contribution is -2.55. The zero-order valence-electron chi connectivity index (χ0n) is 28.9. The number of pyridine rings is 2. The molecule has 268 valence electrons. The number of benzene rings is 4. The van der Waals surface area contributed by atoms with E-state index >= 15 is 0 Å². The summed E-state index contributed by atoms with van der Waals surface area (Å²) >= 11 is 0. The second kappa shape index (κ2) is 15.0. The molecule has 0 radical (unpaired) electrons. The molecule has 0 saturated carbocycles. The molecule has 11 nitrogen and oxygen atoms in total. The highest BCUT2D eigenvalue weighted by molar-refractivity contribution is 7.90. The fourth-order valence-electron chi connectivity index (χ4n) is 6.91. The highest BCUT2D eigenvalue weighted by Crippen LogP contribution is 2.32. The maximum Gasteiger partial charge on any atom is 0.243 e. The summed E-state index contributed by atoms with van der Waals surface area (Å²) in [6.45, 7) is 2.96. The van der Waals surface area contributed by atoms with Crippen molar-refractivity contribution in [3.63, 3.8) is 0 Å². The van der Waals surface area contributed by atoms with Gasteiger partial charge in [-0.25, -0.2) is 21.6 Å². The van der Waals surface area contributed by atoms with Crippen LogP contribution in [0.25, 0.3) is 21.5 Å². The molecular weight excluding hydrogens is 697 g/mol. The van der Waals surface area contributed by atoms with Crippen LogP contribution in [-0.2, 0) is 20.0 Å². The fourth-order valence-corrected chi connectivity index (χ4v) is 9.97. The van der Waals surface area contributed by atoms with Crippen molar-refractivity contribution < 1.29 is 21.6 Å². The summed E-state index contributed by atoms with van der Waals surface area (Å²) in [4.78, 5) is 13.0. The van der Waals surface area contributed by atoms with Crippen LogP contribution in [0.5, 0.6) is 5.75 Å². The first-order valence-corrected chi connectivity index (χ1v) is 19.9. The molecule has 2 aromatic heterocycles. The van der Waals surface area contributed by atoms with Gasteiger partial charge in [-0.1, -0.05) is 54.6 Å². The molecule has 4 aromatic carbocycles. The molecule has 2 atom stereocenters. The van der Waals surface area contributed by atoms with Gasteiger partial charge >= 0.3 is 0 Å². The van der Waals surface area contributed by atoms with Crippen LogP contribution >= 0.6 is 0 Å². The Kier molecular flexibility index (Phi) is 10.2. The average molecular weight is 737 g/mol. The lowest BCUT2D eigenvalue weighted by Gasteiger charge is -2.41. The Labute approximate surface area is 304 Å². The Morgan fingerprint density at radius 1 is 0.731 bits per heavy atom. The molecule has 6 aromatic rings. The minimum absolute atomic E-state index is 0.0900. The van der Waals surface area contributed by atoms with Gasteiger partial charge in [0, 0.05) is 91.8 Å². The molecule has 0 aliphatic carbocycles. The van der Waals surface area contributed by atoms with Gasteiger partial charge in [0.1, 0.15) is 5.75 Å². The van der Waals surface area contributed by atoms with Crippen molar-refractivity contribution in [2.45, 2.75) is 21.9 Å². The number of likely N-dealkylation sites (N-methyl/N-ethyl adjacent to an activating group) is 1.